The van der Waals surface area contributed by atoms with Gasteiger partial charge in [-0.2, -0.15) is 0 Å². The summed E-state index contributed by atoms with van der Waals surface area (Å²) in [5, 5.41) is 3.57. The molecule has 3 heteroatoms. The van der Waals surface area contributed by atoms with Gasteiger partial charge in [-0.05, 0) is 84.1 Å². The zero-order chi connectivity index (χ0) is 14.9. The first-order valence-electron chi connectivity index (χ1n) is 6.68. The number of benzene rings is 2. The van der Waals surface area contributed by atoms with E-state index < -0.39 is 0 Å². The first-order valence-corrected chi connectivity index (χ1v) is 8.26. The maximum Gasteiger partial charge on any atom is 0.0490 e. The molecule has 0 aliphatic rings. The molecule has 2 aromatic rings. The maximum absolute atomic E-state index is 3.60. The first-order chi connectivity index (χ1) is 9.38. The summed E-state index contributed by atoms with van der Waals surface area (Å²) in [6, 6.07) is 11.0. The second-order valence-corrected chi connectivity index (χ2v) is 7.05. The van der Waals surface area contributed by atoms with Gasteiger partial charge in [0.25, 0.3) is 0 Å². The van der Waals surface area contributed by atoms with Crippen molar-refractivity contribution in [3.63, 3.8) is 0 Å². The van der Waals surface area contributed by atoms with Crippen molar-refractivity contribution in [2.24, 2.45) is 0 Å². The number of rotatable bonds is 3. The molecule has 0 saturated carbocycles. The summed E-state index contributed by atoms with van der Waals surface area (Å²) in [6.07, 6.45) is 0. The highest BCUT2D eigenvalue weighted by molar-refractivity contribution is 9.11. The van der Waals surface area contributed by atoms with E-state index in [1.807, 2.05) is 6.07 Å². The van der Waals surface area contributed by atoms with Crippen molar-refractivity contribution < 1.29 is 0 Å². The maximum atomic E-state index is 3.60. The van der Waals surface area contributed by atoms with E-state index in [0.29, 0.717) is 0 Å². The Morgan fingerprint density at radius 2 is 1.55 bits per heavy atom. The molecule has 20 heavy (non-hydrogen) atoms. The van der Waals surface area contributed by atoms with Gasteiger partial charge < -0.3 is 5.32 Å². The van der Waals surface area contributed by atoms with Gasteiger partial charge in [0.1, 0.15) is 0 Å². The fourth-order valence-electron chi connectivity index (χ4n) is 2.37. The Balaban J connectivity index is 2.28. The minimum atomic E-state index is 0.270. The van der Waals surface area contributed by atoms with E-state index in [1.165, 1.54) is 22.3 Å². The molecule has 0 aliphatic carbocycles. The van der Waals surface area contributed by atoms with E-state index in [2.05, 4.69) is 89.1 Å². The third-order valence-electron chi connectivity index (χ3n) is 3.65. The van der Waals surface area contributed by atoms with Crippen LogP contribution in [0.5, 0.6) is 0 Å². The Morgan fingerprint density at radius 3 is 2.20 bits per heavy atom. The van der Waals surface area contributed by atoms with Crippen LogP contribution in [0.3, 0.4) is 0 Å². The molecule has 0 saturated heterocycles. The van der Waals surface area contributed by atoms with E-state index in [0.717, 1.165) is 14.6 Å². The Hall–Kier alpha value is -0.800. The molecule has 0 aliphatic heterocycles. The van der Waals surface area contributed by atoms with Gasteiger partial charge in [0.15, 0.2) is 0 Å². The van der Waals surface area contributed by atoms with Gasteiger partial charge in [-0.15, -0.1) is 0 Å². The van der Waals surface area contributed by atoms with Crippen molar-refractivity contribution in [1.82, 2.24) is 0 Å². The predicted octanol–water partition coefficient (Wildman–Crippen LogP) is 6.31. The third-order valence-corrected chi connectivity index (χ3v) is 4.80. The van der Waals surface area contributed by atoms with Crippen LogP contribution in [0.25, 0.3) is 0 Å². The number of aryl methyl sites for hydroxylation is 3. The molecule has 106 valence electrons. The van der Waals surface area contributed by atoms with Crippen LogP contribution in [0, 0.1) is 20.8 Å². The van der Waals surface area contributed by atoms with E-state index in [9.17, 15) is 0 Å². The molecular weight excluding hydrogens is 378 g/mol. The normalized spacial score (nSPS) is 12.3. The van der Waals surface area contributed by atoms with Crippen LogP contribution >= 0.6 is 31.9 Å². The molecule has 0 spiro atoms. The largest absolute Gasteiger partial charge is 0.378 e. The summed E-state index contributed by atoms with van der Waals surface area (Å²) in [5.74, 6) is 0. The van der Waals surface area contributed by atoms with Crippen molar-refractivity contribution in [1.29, 1.82) is 0 Å². The Bertz CT molecular complexity index is 635. The molecule has 1 unspecified atom stereocenters. The molecule has 0 radical (unpaired) electrons. The number of hydrogen-bond donors (Lipinski definition) is 1. The summed E-state index contributed by atoms with van der Waals surface area (Å²) in [5.41, 5.74) is 6.49. The number of nitrogens with one attached hydrogen (secondary N) is 1. The lowest BCUT2D eigenvalue weighted by molar-refractivity contribution is 0.869. The molecule has 0 amide bonds. The zero-order valence-electron chi connectivity index (χ0n) is 12.2. The van der Waals surface area contributed by atoms with Crippen molar-refractivity contribution in [2.75, 3.05) is 5.32 Å². The van der Waals surface area contributed by atoms with Crippen LogP contribution in [-0.2, 0) is 0 Å². The van der Waals surface area contributed by atoms with Crippen molar-refractivity contribution >= 4 is 37.5 Å². The number of halogens is 2. The van der Waals surface area contributed by atoms with Crippen LogP contribution in [0.2, 0.25) is 0 Å². The van der Waals surface area contributed by atoms with Crippen molar-refractivity contribution in [2.45, 2.75) is 33.7 Å². The monoisotopic (exact) mass is 395 g/mol. The number of anilines is 1. The van der Waals surface area contributed by atoms with Gasteiger partial charge in [-0.25, -0.2) is 0 Å². The SMILES string of the molecule is Cc1cc(C)c(C(C)Nc2ccc(Br)cc2Br)cc1C. The molecule has 0 heterocycles. The smallest absolute Gasteiger partial charge is 0.0490 e. The molecule has 2 aromatic carbocycles. The molecule has 1 atom stereocenters. The fourth-order valence-corrected chi connectivity index (χ4v) is 3.53. The van der Waals surface area contributed by atoms with Gasteiger partial charge in [-0.1, -0.05) is 28.1 Å². The Labute approximate surface area is 138 Å². The molecule has 1 N–H and O–H groups in total. The lowest BCUT2D eigenvalue weighted by Crippen LogP contribution is -2.09. The number of hydrogen-bond acceptors (Lipinski definition) is 1. The summed E-state index contributed by atoms with van der Waals surface area (Å²) < 4.78 is 2.14. The van der Waals surface area contributed by atoms with Gasteiger partial charge in [0, 0.05) is 20.7 Å². The quantitative estimate of drug-likeness (QED) is 0.640. The second-order valence-electron chi connectivity index (χ2n) is 5.28. The van der Waals surface area contributed by atoms with E-state index in [1.54, 1.807) is 0 Å². The molecule has 0 fully saturated rings. The minimum absolute atomic E-state index is 0.270. The zero-order valence-corrected chi connectivity index (χ0v) is 15.4. The summed E-state index contributed by atoms with van der Waals surface area (Å²) in [6.45, 7) is 8.71. The fraction of sp³-hybridized carbons (Fsp3) is 0.294. The summed E-state index contributed by atoms with van der Waals surface area (Å²) in [7, 11) is 0. The van der Waals surface area contributed by atoms with Gasteiger partial charge >= 0.3 is 0 Å². The van der Waals surface area contributed by atoms with Gasteiger partial charge in [-0.3, -0.25) is 0 Å². The lowest BCUT2D eigenvalue weighted by Gasteiger charge is -2.20. The van der Waals surface area contributed by atoms with E-state index in [-0.39, 0.29) is 6.04 Å². The van der Waals surface area contributed by atoms with Crippen molar-refractivity contribution in [3.8, 4) is 0 Å². The standard InChI is InChI=1S/C17H19Br2N/c1-10-7-12(3)15(8-11(10)2)13(4)20-17-6-5-14(18)9-16(17)19/h5-9,13,20H,1-4H3. The van der Waals surface area contributed by atoms with Crippen LogP contribution in [0.15, 0.2) is 39.3 Å². The molecular formula is C17H19Br2N. The van der Waals surface area contributed by atoms with Crippen LogP contribution in [0.4, 0.5) is 5.69 Å². The third kappa shape index (κ3) is 3.44. The first kappa shape index (κ1) is 15.6. The van der Waals surface area contributed by atoms with Crippen LogP contribution in [-0.4, -0.2) is 0 Å². The highest BCUT2D eigenvalue weighted by atomic mass is 79.9. The molecule has 1 nitrogen and oxygen atoms in total. The van der Waals surface area contributed by atoms with E-state index in [4.69, 9.17) is 0 Å². The van der Waals surface area contributed by atoms with E-state index >= 15 is 0 Å². The average molecular weight is 397 g/mol. The molecule has 0 bridgehead atoms. The predicted molar refractivity (Wildman–Crippen MR) is 94.5 cm³/mol. The molecule has 2 rings (SSSR count). The van der Waals surface area contributed by atoms with Gasteiger partial charge in [0.2, 0.25) is 0 Å². The minimum Gasteiger partial charge on any atom is -0.378 e. The Kier molecular flexibility index (Phi) is 4.92. The Morgan fingerprint density at radius 1 is 0.900 bits per heavy atom. The average Bonchev–Trinajstić information content (AvgIpc) is 2.37. The topological polar surface area (TPSA) is 12.0 Å². The molecule has 0 aromatic heterocycles. The highest BCUT2D eigenvalue weighted by Gasteiger charge is 2.11. The highest BCUT2D eigenvalue weighted by Crippen LogP contribution is 2.30. The van der Waals surface area contributed by atoms with Crippen LogP contribution < -0.4 is 5.32 Å². The second kappa shape index (κ2) is 6.31. The summed E-state index contributed by atoms with van der Waals surface area (Å²) >= 11 is 7.08. The summed E-state index contributed by atoms with van der Waals surface area (Å²) in [4.78, 5) is 0. The van der Waals surface area contributed by atoms with Crippen LogP contribution in [0.1, 0.15) is 35.2 Å². The van der Waals surface area contributed by atoms with Crippen molar-refractivity contribution in [3.05, 3.63) is 61.5 Å². The van der Waals surface area contributed by atoms with Gasteiger partial charge in [0.05, 0.1) is 0 Å². The lowest BCUT2D eigenvalue weighted by atomic mass is 9.96.